The lowest BCUT2D eigenvalue weighted by atomic mass is 10.1. The number of nitrogens with zero attached hydrogens (tertiary/aromatic N) is 1. The fourth-order valence-electron chi connectivity index (χ4n) is 2.29. The van der Waals surface area contributed by atoms with E-state index in [1.54, 1.807) is 18.2 Å². The first-order chi connectivity index (χ1) is 7.66. The molecule has 4 nitrogen and oxygen atoms in total. The van der Waals surface area contributed by atoms with Crippen molar-refractivity contribution >= 4 is 29.0 Å². The number of amidine groups is 1. The molecule has 1 fully saturated rings. The standard InChI is InChI=1S/C11H10ClN3O/c12-6-1-2-7-8(5-6)15-9(13)3-4-10(15)14-11(7)16/h1-2,5,10,13H,3-4H2,(H,14,16). The third kappa shape index (κ3) is 1.23. The maximum Gasteiger partial charge on any atom is 0.255 e. The summed E-state index contributed by atoms with van der Waals surface area (Å²) >= 11 is 5.93. The van der Waals surface area contributed by atoms with Gasteiger partial charge in [-0.15, -0.1) is 0 Å². The summed E-state index contributed by atoms with van der Waals surface area (Å²) in [4.78, 5) is 13.6. The van der Waals surface area contributed by atoms with Gasteiger partial charge in [0.05, 0.1) is 11.3 Å². The van der Waals surface area contributed by atoms with Gasteiger partial charge in [0, 0.05) is 11.4 Å². The van der Waals surface area contributed by atoms with Crippen LogP contribution in [-0.4, -0.2) is 17.9 Å². The van der Waals surface area contributed by atoms with E-state index in [1.165, 1.54) is 0 Å². The Bertz CT molecular complexity index is 500. The number of fused-ring (bicyclic) bond motifs is 3. The zero-order valence-electron chi connectivity index (χ0n) is 8.46. The highest BCUT2D eigenvalue weighted by Crippen LogP contribution is 2.34. The number of hydrogen-bond acceptors (Lipinski definition) is 2. The molecule has 0 bridgehead atoms. The fourth-order valence-corrected chi connectivity index (χ4v) is 2.45. The molecule has 0 aromatic heterocycles. The molecular weight excluding hydrogens is 226 g/mol. The van der Waals surface area contributed by atoms with Crippen LogP contribution in [0, 0.1) is 5.41 Å². The highest BCUT2D eigenvalue weighted by atomic mass is 35.5. The van der Waals surface area contributed by atoms with E-state index in [9.17, 15) is 4.79 Å². The van der Waals surface area contributed by atoms with Crippen LogP contribution in [0.3, 0.4) is 0 Å². The monoisotopic (exact) mass is 235 g/mol. The van der Waals surface area contributed by atoms with Crippen molar-refractivity contribution in [1.82, 2.24) is 5.32 Å². The minimum atomic E-state index is -0.0809. The van der Waals surface area contributed by atoms with Gasteiger partial charge in [-0.05, 0) is 24.6 Å². The molecule has 2 aliphatic rings. The SMILES string of the molecule is N=C1CCC2NC(=O)c3ccc(Cl)cc3N12. The van der Waals surface area contributed by atoms with Gasteiger partial charge in [-0.2, -0.15) is 0 Å². The minimum Gasteiger partial charge on any atom is -0.331 e. The largest absolute Gasteiger partial charge is 0.331 e. The molecule has 2 aliphatic heterocycles. The predicted octanol–water partition coefficient (Wildman–Crippen LogP) is 1.99. The maximum atomic E-state index is 11.8. The van der Waals surface area contributed by atoms with E-state index in [0.717, 1.165) is 12.1 Å². The number of hydrogen-bond donors (Lipinski definition) is 2. The molecule has 1 atom stereocenters. The van der Waals surface area contributed by atoms with Crippen molar-refractivity contribution in [2.24, 2.45) is 0 Å². The lowest BCUT2D eigenvalue weighted by molar-refractivity contribution is 0.0932. The van der Waals surface area contributed by atoms with E-state index >= 15 is 0 Å². The van der Waals surface area contributed by atoms with Gasteiger partial charge in [0.25, 0.3) is 5.91 Å². The van der Waals surface area contributed by atoms with Crippen LogP contribution in [0.15, 0.2) is 18.2 Å². The van der Waals surface area contributed by atoms with Crippen LogP contribution in [0.4, 0.5) is 5.69 Å². The number of benzene rings is 1. The first-order valence-electron chi connectivity index (χ1n) is 5.14. The molecule has 0 saturated carbocycles. The smallest absolute Gasteiger partial charge is 0.255 e. The molecule has 0 aliphatic carbocycles. The molecule has 2 N–H and O–H groups in total. The van der Waals surface area contributed by atoms with Gasteiger partial charge in [0.1, 0.15) is 12.0 Å². The average molecular weight is 236 g/mol. The Morgan fingerprint density at radius 1 is 1.50 bits per heavy atom. The van der Waals surface area contributed by atoms with Gasteiger partial charge >= 0.3 is 0 Å². The molecule has 3 rings (SSSR count). The van der Waals surface area contributed by atoms with Gasteiger partial charge in [-0.25, -0.2) is 0 Å². The van der Waals surface area contributed by atoms with Gasteiger partial charge < -0.3 is 10.2 Å². The zero-order valence-corrected chi connectivity index (χ0v) is 9.21. The summed E-state index contributed by atoms with van der Waals surface area (Å²) in [5.74, 6) is 0.455. The molecular formula is C11H10ClN3O. The molecule has 1 amide bonds. The lowest BCUT2D eigenvalue weighted by Crippen LogP contribution is -2.50. The lowest BCUT2D eigenvalue weighted by Gasteiger charge is -2.33. The molecule has 1 aromatic rings. The molecule has 16 heavy (non-hydrogen) atoms. The van der Waals surface area contributed by atoms with E-state index in [2.05, 4.69) is 5.32 Å². The van der Waals surface area contributed by atoms with Crippen molar-refractivity contribution in [3.05, 3.63) is 28.8 Å². The van der Waals surface area contributed by atoms with Crippen LogP contribution >= 0.6 is 11.6 Å². The molecule has 0 radical (unpaired) electrons. The summed E-state index contributed by atoms with van der Waals surface area (Å²) in [5, 5.41) is 11.3. The summed E-state index contributed by atoms with van der Waals surface area (Å²) in [7, 11) is 0. The summed E-state index contributed by atoms with van der Waals surface area (Å²) in [5.41, 5.74) is 1.34. The number of halogens is 1. The van der Waals surface area contributed by atoms with Crippen LogP contribution in [-0.2, 0) is 0 Å². The number of anilines is 1. The van der Waals surface area contributed by atoms with E-state index in [-0.39, 0.29) is 12.1 Å². The molecule has 1 unspecified atom stereocenters. The minimum absolute atomic E-state index is 0.0778. The molecule has 1 saturated heterocycles. The normalized spacial score (nSPS) is 22.8. The van der Waals surface area contributed by atoms with E-state index in [0.29, 0.717) is 22.8 Å². The molecule has 82 valence electrons. The number of rotatable bonds is 0. The summed E-state index contributed by atoms with van der Waals surface area (Å²) in [6.07, 6.45) is 1.40. The van der Waals surface area contributed by atoms with Crippen molar-refractivity contribution in [2.75, 3.05) is 4.90 Å². The Morgan fingerprint density at radius 2 is 2.31 bits per heavy atom. The number of nitrogens with one attached hydrogen (secondary N) is 2. The Morgan fingerprint density at radius 3 is 3.12 bits per heavy atom. The van der Waals surface area contributed by atoms with E-state index < -0.39 is 0 Å². The zero-order chi connectivity index (χ0) is 11.3. The Balaban J connectivity index is 2.19. The molecule has 5 heteroatoms. The van der Waals surface area contributed by atoms with Crippen LogP contribution in [0.5, 0.6) is 0 Å². The summed E-state index contributed by atoms with van der Waals surface area (Å²) in [6.45, 7) is 0. The third-order valence-corrected chi connectivity index (χ3v) is 3.25. The van der Waals surface area contributed by atoms with Gasteiger partial charge in [-0.1, -0.05) is 11.6 Å². The van der Waals surface area contributed by atoms with Crippen molar-refractivity contribution in [3.8, 4) is 0 Å². The van der Waals surface area contributed by atoms with Crippen LogP contribution in [0.2, 0.25) is 5.02 Å². The number of amides is 1. The quantitative estimate of drug-likeness (QED) is 0.723. The van der Waals surface area contributed by atoms with Gasteiger partial charge in [0.2, 0.25) is 0 Å². The van der Waals surface area contributed by atoms with Crippen LogP contribution in [0.1, 0.15) is 23.2 Å². The Kier molecular flexibility index (Phi) is 1.94. The van der Waals surface area contributed by atoms with Crippen LogP contribution in [0.25, 0.3) is 0 Å². The van der Waals surface area contributed by atoms with Crippen molar-refractivity contribution in [3.63, 3.8) is 0 Å². The molecule has 1 aromatic carbocycles. The predicted molar refractivity (Wildman–Crippen MR) is 62.1 cm³/mol. The topological polar surface area (TPSA) is 56.2 Å². The number of carbonyl (C=O) groups is 1. The third-order valence-electron chi connectivity index (χ3n) is 3.02. The van der Waals surface area contributed by atoms with Gasteiger partial charge in [0.15, 0.2) is 0 Å². The van der Waals surface area contributed by atoms with Crippen molar-refractivity contribution < 1.29 is 4.79 Å². The summed E-state index contributed by atoms with van der Waals surface area (Å²) < 4.78 is 0. The molecule has 0 spiro atoms. The number of carbonyl (C=O) groups excluding carboxylic acids is 1. The Labute approximate surface area is 97.7 Å². The van der Waals surface area contributed by atoms with Crippen LogP contribution < -0.4 is 10.2 Å². The Hall–Kier alpha value is -1.55. The second-order valence-electron chi connectivity index (χ2n) is 4.01. The first kappa shape index (κ1) is 9.66. The highest BCUT2D eigenvalue weighted by molar-refractivity contribution is 6.31. The highest BCUT2D eigenvalue weighted by Gasteiger charge is 2.37. The summed E-state index contributed by atoms with van der Waals surface area (Å²) in [6, 6.07) is 5.15. The van der Waals surface area contributed by atoms with E-state index in [1.807, 2.05) is 4.90 Å². The molecule has 2 heterocycles. The maximum absolute atomic E-state index is 11.8. The first-order valence-corrected chi connectivity index (χ1v) is 5.51. The second-order valence-corrected chi connectivity index (χ2v) is 4.44. The fraction of sp³-hybridized carbons (Fsp3) is 0.273. The van der Waals surface area contributed by atoms with E-state index in [4.69, 9.17) is 17.0 Å². The second kappa shape index (κ2) is 3.22. The van der Waals surface area contributed by atoms with Crippen molar-refractivity contribution in [1.29, 1.82) is 5.41 Å². The van der Waals surface area contributed by atoms with Crippen molar-refractivity contribution in [2.45, 2.75) is 19.0 Å². The average Bonchev–Trinajstić information content (AvgIpc) is 2.60. The van der Waals surface area contributed by atoms with Gasteiger partial charge in [-0.3, -0.25) is 10.2 Å².